The molecule has 5 heteroatoms. The highest BCUT2D eigenvalue weighted by Crippen LogP contribution is 2.21. The summed E-state index contributed by atoms with van der Waals surface area (Å²) in [6.07, 6.45) is 3.86. The summed E-state index contributed by atoms with van der Waals surface area (Å²) in [4.78, 5) is 14.1. The molecule has 0 spiro atoms. The molecule has 1 saturated heterocycles. The van der Waals surface area contributed by atoms with Crippen LogP contribution in [0.4, 0.5) is 10.1 Å². The van der Waals surface area contributed by atoms with Crippen molar-refractivity contribution in [3.63, 3.8) is 0 Å². The third-order valence-electron chi connectivity index (χ3n) is 3.98. The van der Waals surface area contributed by atoms with Crippen molar-refractivity contribution in [1.82, 2.24) is 5.32 Å². The van der Waals surface area contributed by atoms with Gasteiger partial charge < -0.3 is 10.2 Å². The van der Waals surface area contributed by atoms with Crippen molar-refractivity contribution >= 4 is 24.0 Å². The average Bonchev–Trinajstić information content (AvgIpc) is 2.49. The van der Waals surface area contributed by atoms with E-state index in [-0.39, 0.29) is 24.1 Å². The van der Waals surface area contributed by atoms with Gasteiger partial charge >= 0.3 is 0 Å². The summed E-state index contributed by atoms with van der Waals surface area (Å²) >= 11 is 0. The fourth-order valence-corrected chi connectivity index (χ4v) is 2.76. The van der Waals surface area contributed by atoms with Gasteiger partial charge in [-0.3, -0.25) is 4.79 Å². The number of carbonyl (C=O) groups is 1. The molecular weight excluding hydrogens is 291 g/mol. The van der Waals surface area contributed by atoms with Crippen LogP contribution < -0.4 is 10.2 Å². The summed E-state index contributed by atoms with van der Waals surface area (Å²) in [6, 6.07) is 6.14. The quantitative estimate of drug-likeness (QED) is 0.903. The Bertz CT molecular complexity index is 432. The molecule has 1 aromatic carbocycles. The standard InChI is InChI=1S/C16H23FN2O.ClH/c1-2-19(15-6-4-14(17)5-7-15)16(20)8-3-13-9-11-18-12-10-13;/h4-7,13,18H,2-3,8-12H2,1H3;1H. The van der Waals surface area contributed by atoms with Crippen molar-refractivity contribution in [3.05, 3.63) is 30.1 Å². The number of benzene rings is 1. The first kappa shape index (κ1) is 17.9. The minimum absolute atomic E-state index is 0. The molecule has 118 valence electrons. The maximum atomic E-state index is 12.9. The van der Waals surface area contributed by atoms with Crippen LogP contribution in [-0.2, 0) is 4.79 Å². The second-order valence-electron chi connectivity index (χ2n) is 5.35. The number of piperidine rings is 1. The van der Waals surface area contributed by atoms with E-state index in [4.69, 9.17) is 0 Å². The number of halogens is 2. The lowest BCUT2D eigenvalue weighted by molar-refractivity contribution is -0.118. The lowest BCUT2D eigenvalue weighted by Gasteiger charge is -2.25. The zero-order valence-electron chi connectivity index (χ0n) is 12.5. The van der Waals surface area contributed by atoms with Gasteiger partial charge in [-0.15, -0.1) is 12.4 Å². The van der Waals surface area contributed by atoms with Crippen molar-refractivity contribution < 1.29 is 9.18 Å². The maximum Gasteiger partial charge on any atom is 0.226 e. The third kappa shape index (κ3) is 5.29. The minimum Gasteiger partial charge on any atom is -0.317 e. The minimum atomic E-state index is -0.271. The van der Waals surface area contributed by atoms with E-state index in [1.54, 1.807) is 17.0 Å². The predicted molar refractivity (Wildman–Crippen MR) is 86.5 cm³/mol. The summed E-state index contributed by atoms with van der Waals surface area (Å²) in [6.45, 7) is 4.70. The maximum absolute atomic E-state index is 12.9. The monoisotopic (exact) mass is 314 g/mol. The van der Waals surface area contributed by atoms with E-state index in [0.29, 0.717) is 18.9 Å². The summed E-state index contributed by atoms with van der Waals surface area (Å²) in [5.74, 6) is 0.525. The molecule has 0 aromatic heterocycles. The van der Waals surface area contributed by atoms with Crippen molar-refractivity contribution in [2.45, 2.75) is 32.6 Å². The summed E-state index contributed by atoms with van der Waals surface area (Å²) in [7, 11) is 0. The Kier molecular flexibility index (Phi) is 7.68. The van der Waals surface area contributed by atoms with E-state index >= 15 is 0 Å². The molecule has 0 bridgehead atoms. The fourth-order valence-electron chi connectivity index (χ4n) is 2.76. The first-order valence-electron chi connectivity index (χ1n) is 7.47. The molecule has 0 atom stereocenters. The van der Waals surface area contributed by atoms with Crippen LogP contribution in [0.5, 0.6) is 0 Å². The summed E-state index contributed by atoms with van der Waals surface area (Å²) in [5, 5.41) is 3.34. The number of nitrogens with zero attached hydrogens (tertiary/aromatic N) is 1. The summed E-state index contributed by atoms with van der Waals surface area (Å²) < 4.78 is 12.9. The number of anilines is 1. The number of hydrogen-bond acceptors (Lipinski definition) is 2. The Labute approximate surface area is 132 Å². The van der Waals surface area contributed by atoms with E-state index < -0.39 is 0 Å². The number of rotatable bonds is 5. The largest absolute Gasteiger partial charge is 0.317 e. The van der Waals surface area contributed by atoms with Crippen LogP contribution in [0.2, 0.25) is 0 Å². The van der Waals surface area contributed by atoms with E-state index in [2.05, 4.69) is 5.32 Å². The van der Waals surface area contributed by atoms with Crippen molar-refractivity contribution in [2.24, 2.45) is 5.92 Å². The first-order chi connectivity index (χ1) is 9.70. The number of carbonyl (C=O) groups excluding carboxylic acids is 1. The molecule has 1 amide bonds. The Balaban J connectivity index is 0.00000220. The molecule has 1 aromatic rings. The molecule has 1 N–H and O–H groups in total. The van der Waals surface area contributed by atoms with Crippen molar-refractivity contribution in [1.29, 1.82) is 0 Å². The van der Waals surface area contributed by atoms with Gasteiger partial charge in [0.15, 0.2) is 0 Å². The molecule has 0 radical (unpaired) electrons. The molecule has 0 aliphatic carbocycles. The predicted octanol–water partition coefficient (Wildman–Crippen LogP) is 3.38. The van der Waals surface area contributed by atoms with Gasteiger partial charge in [-0.2, -0.15) is 0 Å². The van der Waals surface area contributed by atoms with Gasteiger partial charge in [-0.25, -0.2) is 4.39 Å². The highest BCUT2D eigenvalue weighted by Gasteiger charge is 2.18. The topological polar surface area (TPSA) is 32.3 Å². The van der Waals surface area contributed by atoms with Gasteiger partial charge in [-0.1, -0.05) is 0 Å². The van der Waals surface area contributed by atoms with E-state index in [0.717, 1.165) is 38.0 Å². The highest BCUT2D eigenvalue weighted by molar-refractivity contribution is 5.93. The zero-order valence-corrected chi connectivity index (χ0v) is 13.3. The van der Waals surface area contributed by atoms with Crippen LogP contribution in [0.1, 0.15) is 32.6 Å². The third-order valence-corrected chi connectivity index (χ3v) is 3.98. The van der Waals surface area contributed by atoms with Gasteiger partial charge in [0.2, 0.25) is 5.91 Å². The van der Waals surface area contributed by atoms with Gasteiger partial charge in [0.1, 0.15) is 5.82 Å². The lowest BCUT2D eigenvalue weighted by Crippen LogP contribution is -2.32. The molecule has 3 nitrogen and oxygen atoms in total. The molecule has 0 unspecified atom stereocenters. The van der Waals surface area contributed by atoms with Crippen LogP contribution in [0, 0.1) is 11.7 Å². The van der Waals surface area contributed by atoms with Gasteiger partial charge in [-0.05, 0) is 69.5 Å². The normalized spacial score (nSPS) is 15.3. The van der Waals surface area contributed by atoms with Gasteiger partial charge in [0.25, 0.3) is 0 Å². The van der Waals surface area contributed by atoms with Crippen LogP contribution in [0.25, 0.3) is 0 Å². The van der Waals surface area contributed by atoms with Gasteiger partial charge in [0.05, 0.1) is 0 Å². The fraction of sp³-hybridized carbons (Fsp3) is 0.562. The average molecular weight is 315 g/mol. The van der Waals surface area contributed by atoms with Crippen LogP contribution in [0.15, 0.2) is 24.3 Å². The first-order valence-corrected chi connectivity index (χ1v) is 7.47. The molecule has 1 fully saturated rings. The lowest BCUT2D eigenvalue weighted by atomic mass is 9.93. The van der Waals surface area contributed by atoms with E-state index in [1.165, 1.54) is 12.1 Å². The number of hydrogen-bond donors (Lipinski definition) is 1. The zero-order chi connectivity index (χ0) is 14.4. The molecule has 1 aliphatic heterocycles. The Morgan fingerprint density at radius 3 is 2.48 bits per heavy atom. The number of amides is 1. The SMILES string of the molecule is CCN(C(=O)CCC1CCNCC1)c1ccc(F)cc1.Cl. The Morgan fingerprint density at radius 1 is 1.29 bits per heavy atom. The second-order valence-corrected chi connectivity index (χ2v) is 5.35. The second kappa shape index (κ2) is 9.00. The van der Waals surface area contributed by atoms with E-state index in [9.17, 15) is 9.18 Å². The molecule has 21 heavy (non-hydrogen) atoms. The smallest absolute Gasteiger partial charge is 0.226 e. The summed E-state index contributed by atoms with van der Waals surface area (Å²) in [5.41, 5.74) is 0.782. The molecule has 0 saturated carbocycles. The molecule has 1 heterocycles. The van der Waals surface area contributed by atoms with Crippen LogP contribution in [-0.4, -0.2) is 25.5 Å². The van der Waals surface area contributed by atoms with Crippen molar-refractivity contribution in [2.75, 3.05) is 24.5 Å². The van der Waals surface area contributed by atoms with Crippen molar-refractivity contribution in [3.8, 4) is 0 Å². The van der Waals surface area contributed by atoms with E-state index in [1.807, 2.05) is 6.92 Å². The molecule has 1 aliphatic rings. The van der Waals surface area contributed by atoms with Gasteiger partial charge in [0, 0.05) is 18.7 Å². The number of nitrogens with one attached hydrogen (secondary N) is 1. The van der Waals surface area contributed by atoms with Crippen LogP contribution in [0.3, 0.4) is 0 Å². The van der Waals surface area contributed by atoms with Crippen LogP contribution >= 0.6 is 12.4 Å². The molecular formula is C16H24ClFN2O. The molecule has 2 rings (SSSR count). The Hall–Kier alpha value is -1.13. The Morgan fingerprint density at radius 2 is 1.90 bits per heavy atom. The highest BCUT2D eigenvalue weighted by atomic mass is 35.5.